The van der Waals surface area contributed by atoms with Gasteiger partial charge in [-0.1, -0.05) is 6.07 Å². The summed E-state index contributed by atoms with van der Waals surface area (Å²) in [7, 11) is 0. The van der Waals surface area contributed by atoms with Crippen molar-refractivity contribution in [3.63, 3.8) is 0 Å². The highest BCUT2D eigenvalue weighted by atomic mass is 16.1. The van der Waals surface area contributed by atoms with E-state index >= 15 is 0 Å². The van der Waals surface area contributed by atoms with Crippen LogP contribution in [-0.2, 0) is 11.2 Å². The molecular formula is C12H16N2O. The van der Waals surface area contributed by atoms with Gasteiger partial charge in [-0.25, -0.2) is 0 Å². The fraction of sp³-hybridized carbons (Fsp3) is 0.500. The molecule has 15 heavy (non-hydrogen) atoms. The van der Waals surface area contributed by atoms with Crippen molar-refractivity contribution >= 4 is 5.78 Å². The van der Waals surface area contributed by atoms with Gasteiger partial charge in [0, 0.05) is 31.3 Å². The van der Waals surface area contributed by atoms with Gasteiger partial charge in [-0.05, 0) is 25.1 Å². The Hall–Kier alpha value is -1.22. The van der Waals surface area contributed by atoms with E-state index in [9.17, 15) is 4.79 Å². The summed E-state index contributed by atoms with van der Waals surface area (Å²) in [6, 6.07) is 5.96. The zero-order valence-electron chi connectivity index (χ0n) is 8.85. The van der Waals surface area contributed by atoms with Crippen LogP contribution in [0.25, 0.3) is 0 Å². The fourth-order valence-electron chi connectivity index (χ4n) is 1.92. The second kappa shape index (κ2) is 5.03. The van der Waals surface area contributed by atoms with E-state index < -0.39 is 0 Å². The third-order valence-corrected chi connectivity index (χ3v) is 2.74. The number of hydrogen-bond acceptors (Lipinski definition) is 3. The fourth-order valence-corrected chi connectivity index (χ4v) is 1.92. The van der Waals surface area contributed by atoms with Gasteiger partial charge in [-0.15, -0.1) is 0 Å². The lowest BCUT2D eigenvalue weighted by Crippen LogP contribution is -2.36. The number of Topliss-reactive ketones (excluding diaryl/α,β-unsaturated/α-hetero) is 1. The van der Waals surface area contributed by atoms with Crippen LogP contribution in [0.1, 0.15) is 18.5 Å². The minimum Gasteiger partial charge on any atom is -0.298 e. The van der Waals surface area contributed by atoms with Crippen LogP contribution in [0.2, 0.25) is 0 Å². The molecule has 0 bridgehead atoms. The van der Waals surface area contributed by atoms with Crippen molar-refractivity contribution in [2.45, 2.75) is 19.3 Å². The van der Waals surface area contributed by atoms with Gasteiger partial charge in [-0.2, -0.15) is 0 Å². The van der Waals surface area contributed by atoms with Crippen molar-refractivity contribution in [3.05, 3.63) is 30.1 Å². The van der Waals surface area contributed by atoms with Gasteiger partial charge in [0.15, 0.2) is 0 Å². The molecule has 0 unspecified atom stereocenters. The second-order valence-electron chi connectivity index (χ2n) is 3.99. The predicted octanol–water partition coefficient (Wildman–Crippen LogP) is 1.29. The van der Waals surface area contributed by atoms with Crippen molar-refractivity contribution in [3.8, 4) is 0 Å². The number of likely N-dealkylation sites (tertiary alicyclic amines) is 1. The number of ketones is 1. The lowest BCUT2D eigenvalue weighted by molar-refractivity contribution is -0.122. The monoisotopic (exact) mass is 204 g/mol. The molecule has 2 heterocycles. The number of piperidine rings is 1. The summed E-state index contributed by atoms with van der Waals surface area (Å²) in [6.45, 7) is 2.63. The molecule has 0 aliphatic carbocycles. The summed E-state index contributed by atoms with van der Waals surface area (Å²) in [6.07, 6.45) is 4.53. The molecule has 0 N–H and O–H groups in total. The Kier molecular flexibility index (Phi) is 3.45. The first-order chi connectivity index (χ1) is 7.34. The maximum Gasteiger partial charge on any atom is 0.146 e. The van der Waals surface area contributed by atoms with Crippen molar-refractivity contribution in [2.75, 3.05) is 19.6 Å². The van der Waals surface area contributed by atoms with Crippen LogP contribution >= 0.6 is 0 Å². The summed E-state index contributed by atoms with van der Waals surface area (Å²) in [5.74, 6) is 0.377. The summed E-state index contributed by atoms with van der Waals surface area (Å²) in [5.41, 5.74) is 1.11. The molecule has 1 fully saturated rings. The lowest BCUT2D eigenvalue weighted by atomic mass is 10.1. The van der Waals surface area contributed by atoms with E-state index in [4.69, 9.17) is 0 Å². The van der Waals surface area contributed by atoms with Crippen molar-refractivity contribution in [1.29, 1.82) is 0 Å². The molecule has 80 valence electrons. The van der Waals surface area contributed by atoms with E-state index in [1.165, 1.54) is 0 Å². The van der Waals surface area contributed by atoms with Crippen LogP contribution in [-0.4, -0.2) is 35.3 Å². The number of hydrogen-bond donors (Lipinski definition) is 0. The van der Waals surface area contributed by atoms with Crippen LogP contribution < -0.4 is 0 Å². The summed E-state index contributed by atoms with van der Waals surface area (Å²) < 4.78 is 0. The number of carbonyl (C=O) groups excluding carboxylic acids is 1. The van der Waals surface area contributed by atoms with Crippen LogP contribution in [0.4, 0.5) is 0 Å². The molecule has 3 heteroatoms. The number of aromatic nitrogens is 1. The molecule has 0 aromatic carbocycles. The number of rotatable bonds is 3. The van der Waals surface area contributed by atoms with Gasteiger partial charge >= 0.3 is 0 Å². The van der Waals surface area contributed by atoms with E-state index in [1.807, 2.05) is 24.4 Å². The first-order valence-electron chi connectivity index (χ1n) is 5.48. The van der Waals surface area contributed by atoms with Crippen LogP contribution in [0.5, 0.6) is 0 Å². The smallest absolute Gasteiger partial charge is 0.146 e. The molecule has 2 rings (SSSR count). The molecule has 0 atom stereocenters. The maximum atomic E-state index is 11.2. The van der Waals surface area contributed by atoms with E-state index in [0.29, 0.717) is 12.3 Å². The third-order valence-electron chi connectivity index (χ3n) is 2.74. The Morgan fingerprint density at radius 2 is 2.33 bits per heavy atom. The third kappa shape index (κ3) is 3.13. The molecule has 3 nitrogen and oxygen atoms in total. The molecule has 1 aliphatic heterocycles. The molecule has 1 aromatic rings. The topological polar surface area (TPSA) is 33.2 Å². The van der Waals surface area contributed by atoms with Gasteiger partial charge in [0.1, 0.15) is 5.78 Å². The number of pyridine rings is 1. The highest BCUT2D eigenvalue weighted by molar-refractivity contribution is 5.81. The van der Waals surface area contributed by atoms with E-state index in [1.54, 1.807) is 0 Å². The Labute approximate surface area is 90.1 Å². The number of carbonyl (C=O) groups is 1. The number of nitrogens with zero attached hydrogens (tertiary/aromatic N) is 2. The van der Waals surface area contributed by atoms with Gasteiger partial charge in [0.2, 0.25) is 0 Å². The molecule has 1 aromatic heterocycles. The molecule has 0 spiro atoms. The molecule has 0 radical (unpaired) electrons. The largest absolute Gasteiger partial charge is 0.298 e. The zero-order chi connectivity index (χ0) is 10.5. The Balaban J connectivity index is 1.80. The van der Waals surface area contributed by atoms with E-state index in [2.05, 4.69) is 9.88 Å². The Bertz CT molecular complexity index is 324. The van der Waals surface area contributed by atoms with Crippen molar-refractivity contribution in [2.24, 2.45) is 0 Å². The zero-order valence-corrected chi connectivity index (χ0v) is 8.85. The van der Waals surface area contributed by atoms with Crippen molar-refractivity contribution in [1.82, 2.24) is 9.88 Å². The van der Waals surface area contributed by atoms with Gasteiger partial charge in [0.05, 0.1) is 6.54 Å². The van der Waals surface area contributed by atoms with Gasteiger partial charge < -0.3 is 0 Å². The summed E-state index contributed by atoms with van der Waals surface area (Å²) >= 11 is 0. The van der Waals surface area contributed by atoms with Crippen LogP contribution in [0.15, 0.2) is 24.4 Å². The molecule has 1 aliphatic rings. The van der Waals surface area contributed by atoms with Gasteiger partial charge in [-0.3, -0.25) is 14.7 Å². The first-order valence-corrected chi connectivity index (χ1v) is 5.48. The molecule has 0 saturated carbocycles. The maximum absolute atomic E-state index is 11.2. The SMILES string of the molecule is O=C1CCCN(CCc2ccccn2)C1. The average Bonchev–Trinajstić information content (AvgIpc) is 2.28. The molecule has 1 saturated heterocycles. The lowest BCUT2D eigenvalue weighted by Gasteiger charge is -2.25. The van der Waals surface area contributed by atoms with Crippen molar-refractivity contribution < 1.29 is 4.79 Å². The molecular weight excluding hydrogens is 188 g/mol. The minimum absolute atomic E-state index is 0.377. The van der Waals surface area contributed by atoms with E-state index in [0.717, 1.165) is 38.0 Å². The quantitative estimate of drug-likeness (QED) is 0.744. The highest BCUT2D eigenvalue weighted by Crippen LogP contribution is 2.06. The van der Waals surface area contributed by atoms with Gasteiger partial charge in [0.25, 0.3) is 0 Å². The normalized spacial score (nSPS) is 18.0. The average molecular weight is 204 g/mol. The second-order valence-corrected chi connectivity index (χ2v) is 3.99. The Morgan fingerprint density at radius 1 is 1.40 bits per heavy atom. The summed E-state index contributed by atoms with van der Waals surface area (Å²) in [4.78, 5) is 17.7. The van der Waals surface area contributed by atoms with Crippen LogP contribution in [0, 0.1) is 0 Å². The first kappa shape index (κ1) is 10.3. The predicted molar refractivity (Wildman–Crippen MR) is 58.6 cm³/mol. The van der Waals surface area contributed by atoms with E-state index in [-0.39, 0.29) is 0 Å². The standard InChI is InChI=1S/C12H16N2O/c15-12-5-3-8-14(10-12)9-6-11-4-1-2-7-13-11/h1-2,4,7H,3,5-6,8-10H2. The minimum atomic E-state index is 0.377. The summed E-state index contributed by atoms with van der Waals surface area (Å²) in [5, 5.41) is 0. The highest BCUT2D eigenvalue weighted by Gasteiger charge is 2.15. The Morgan fingerprint density at radius 3 is 3.07 bits per heavy atom. The van der Waals surface area contributed by atoms with Crippen LogP contribution in [0.3, 0.4) is 0 Å². The molecule has 0 amide bonds.